The zero-order valence-electron chi connectivity index (χ0n) is 40.1. The first-order valence-electron chi connectivity index (χ1n) is 23.8. The fraction of sp³-hybridized carbons (Fsp3) is 0.510. The molecular weight excluding hydrogens is 927 g/mol. The highest BCUT2D eigenvalue weighted by atomic mass is 35.5. The molecule has 0 bridgehead atoms. The third-order valence-electron chi connectivity index (χ3n) is 14.0. The third-order valence-corrected chi connectivity index (χ3v) is 15.4. The van der Waals surface area contributed by atoms with Crippen LogP contribution in [0, 0.1) is 5.82 Å². The molecule has 372 valence electrons. The molecular formula is C49H64ClFN10O7S. The largest absolute Gasteiger partial charge is 0.497 e. The molecule has 20 heteroatoms. The van der Waals surface area contributed by atoms with E-state index < -0.39 is 15.9 Å². The maximum Gasteiger partial charge on any atom is 0.234 e. The number of aryl methyl sites for hydroxylation is 1. The molecule has 0 radical (unpaired) electrons. The molecule has 69 heavy (non-hydrogen) atoms. The van der Waals surface area contributed by atoms with E-state index in [0.717, 1.165) is 94.2 Å². The Balaban J connectivity index is 0.788. The molecule has 0 saturated carbocycles. The van der Waals surface area contributed by atoms with Crippen LogP contribution in [0.5, 0.6) is 11.5 Å². The van der Waals surface area contributed by atoms with Gasteiger partial charge < -0.3 is 34.6 Å². The first kappa shape index (κ1) is 49.9. The van der Waals surface area contributed by atoms with Gasteiger partial charge in [-0.2, -0.15) is 4.98 Å². The Kier molecular flexibility index (Phi) is 16.0. The molecule has 0 spiro atoms. The summed E-state index contributed by atoms with van der Waals surface area (Å²) in [6.45, 7) is 11.1. The standard InChI is InChI=1S/C49H64ClFN10O7S/c1-6-32-28-41(54-49-52-31-38(50)47(56-49)53-40-10-8-36(66-3)29-44(40)57(2)69(5,64)65)45(67-4)30-43(32)61-17-13-34(14-18-61)59-23-21-58(22-24-59)25-26-68-35-15-19-60(20-16-35)42-11-7-33(27-39(42)51)37-9-12-46(62)55-48(37)63/h7-8,10-11,27-31,34-35,37H,6,9,12-26H2,1-5H3,(H,55,62,63)(H2,52,53,54,56). The van der Waals surface area contributed by atoms with Gasteiger partial charge in [-0.3, -0.25) is 29.0 Å². The predicted octanol–water partition coefficient (Wildman–Crippen LogP) is 6.52. The van der Waals surface area contributed by atoms with Gasteiger partial charge in [0.25, 0.3) is 0 Å². The topological polar surface area (TPSA) is 174 Å². The summed E-state index contributed by atoms with van der Waals surface area (Å²) in [5.41, 5.74) is 5.01. The van der Waals surface area contributed by atoms with Crippen LogP contribution in [-0.2, 0) is 30.8 Å². The first-order chi connectivity index (χ1) is 33.2. The van der Waals surface area contributed by atoms with E-state index in [9.17, 15) is 18.0 Å². The highest BCUT2D eigenvalue weighted by Gasteiger charge is 2.31. The Morgan fingerprint density at radius 2 is 1.59 bits per heavy atom. The fourth-order valence-corrected chi connectivity index (χ4v) is 10.5. The zero-order chi connectivity index (χ0) is 48.8. The molecule has 3 aromatic carbocycles. The smallest absolute Gasteiger partial charge is 0.234 e. The van der Waals surface area contributed by atoms with Gasteiger partial charge in [-0.1, -0.05) is 24.6 Å². The van der Waals surface area contributed by atoms with Gasteiger partial charge in [0, 0.05) is 96.2 Å². The molecule has 17 nitrogen and oxygen atoms in total. The number of methoxy groups -OCH3 is 2. The Morgan fingerprint density at radius 1 is 0.870 bits per heavy atom. The van der Waals surface area contributed by atoms with Crippen molar-refractivity contribution in [2.45, 2.75) is 69.9 Å². The molecule has 8 rings (SSSR count). The van der Waals surface area contributed by atoms with Crippen molar-refractivity contribution in [3.8, 4) is 11.5 Å². The summed E-state index contributed by atoms with van der Waals surface area (Å²) in [7, 11) is 1.04. The molecule has 4 aliphatic heterocycles. The van der Waals surface area contributed by atoms with Crippen molar-refractivity contribution in [2.75, 3.05) is 118 Å². The highest BCUT2D eigenvalue weighted by Crippen LogP contribution is 2.39. The molecule has 4 aromatic rings. The van der Waals surface area contributed by atoms with Crippen LogP contribution in [0.1, 0.15) is 62.5 Å². The molecule has 2 amide bonds. The molecule has 4 fully saturated rings. The van der Waals surface area contributed by atoms with E-state index in [4.69, 9.17) is 25.8 Å². The van der Waals surface area contributed by atoms with E-state index in [1.807, 2.05) is 6.07 Å². The van der Waals surface area contributed by atoms with Crippen LogP contribution >= 0.6 is 11.6 Å². The van der Waals surface area contributed by atoms with Gasteiger partial charge in [-0.15, -0.1) is 0 Å². The van der Waals surface area contributed by atoms with Crippen molar-refractivity contribution in [3.63, 3.8) is 0 Å². The minimum Gasteiger partial charge on any atom is -0.497 e. The minimum atomic E-state index is -3.59. The van der Waals surface area contributed by atoms with Crippen molar-refractivity contribution < 1.29 is 36.6 Å². The van der Waals surface area contributed by atoms with Crippen LogP contribution < -0.4 is 39.5 Å². The lowest BCUT2D eigenvalue weighted by atomic mass is 9.90. The van der Waals surface area contributed by atoms with Crippen molar-refractivity contribution in [2.24, 2.45) is 0 Å². The molecule has 0 aliphatic carbocycles. The van der Waals surface area contributed by atoms with Gasteiger partial charge >= 0.3 is 0 Å². The van der Waals surface area contributed by atoms with Gasteiger partial charge in [-0.25, -0.2) is 17.8 Å². The van der Waals surface area contributed by atoms with Gasteiger partial charge in [0.2, 0.25) is 27.8 Å². The number of halogens is 2. The number of ether oxygens (including phenoxy) is 3. The Morgan fingerprint density at radius 3 is 2.26 bits per heavy atom. The summed E-state index contributed by atoms with van der Waals surface area (Å²) in [6, 6.07) is 14.8. The molecule has 3 N–H and O–H groups in total. The summed E-state index contributed by atoms with van der Waals surface area (Å²) in [4.78, 5) is 42.6. The Bertz CT molecular complexity index is 2590. The summed E-state index contributed by atoms with van der Waals surface area (Å²) in [5, 5.41) is 9.12. The molecule has 4 aliphatic rings. The van der Waals surface area contributed by atoms with Crippen molar-refractivity contribution in [3.05, 3.63) is 76.7 Å². The number of carbonyl (C=O) groups is 2. The maximum atomic E-state index is 15.3. The summed E-state index contributed by atoms with van der Waals surface area (Å²) < 4.78 is 59.0. The average Bonchev–Trinajstić information content (AvgIpc) is 3.35. The summed E-state index contributed by atoms with van der Waals surface area (Å²) in [5.74, 6) is 0.236. The van der Waals surface area contributed by atoms with Gasteiger partial charge in [-0.05, 0) is 80.0 Å². The zero-order valence-corrected chi connectivity index (χ0v) is 41.7. The number of benzene rings is 3. The van der Waals surface area contributed by atoms with E-state index in [2.05, 4.69) is 64.6 Å². The number of nitrogens with zero attached hydrogens (tertiary/aromatic N) is 7. The normalized spacial score (nSPS) is 19.1. The Labute approximate surface area is 409 Å². The van der Waals surface area contributed by atoms with Gasteiger partial charge in [0.15, 0.2) is 5.82 Å². The van der Waals surface area contributed by atoms with Crippen LogP contribution in [0.4, 0.5) is 44.6 Å². The Hall–Kier alpha value is -5.47. The van der Waals surface area contributed by atoms with Crippen molar-refractivity contribution in [1.82, 2.24) is 25.1 Å². The average molecular weight is 992 g/mol. The summed E-state index contributed by atoms with van der Waals surface area (Å²) in [6.07, 6.45) is 8.04. The second-order valence-electron chi connectivity index (χ2n) is 18.2. The van der Waals surface area contributed by atoms with Gasteiger partial charge in [0.05, 0.1) is 68.1 Å². The maximum absolute atomic E-state index is 15.3. The lowest BCUT2D eigenvalue weighted by Crippen LogP contribution is -2.53. The molecule has 1 aromatic heterocycles. The number of sulfonamides is 1. The molecule has 1 unspecified atom stereocenters. The third kappa shape index (κ3) is 11.9. The van der Waals surface area contributed by atoms with Crippen LogP contribution in [0.15, 0.2) is 54.7 Å². The van der Waals surface area contributed by atoms with Crippen LogP contribution in [0.3, 0.4) is 0 Å². The highest BCUT2D eigenvalue weighted by molar-refractivity contribution is 7.92. The van der Waals surface area contributed by atoms with E-state index in [0.29, 0.717) is 72.0 Å². The van der Waals surface area contributed by atoms with Crippen LogP contribution in [0.2, 0.25) is 5.02 Å². The summed E-state index contributed by atoms with van der Waals surface area (Å²) >= 11 is 6.56. The number of hydrogen-bond acceptors (Lipinski definition) is 15. The molecule has 1 atom stereocenters. The number of nitrogens with one attached hydrogen (secondary N) is 3. The van der Waals surface area contributed by atoms with Crippen LogP contribution in [0.25, 0.3) is 0 Å². The molecule has 5 heterocycles. The van der Waals surface area contributed by atoms with Crippen LogP contribution in [-0.4, -0.2) is 145 Å². The van der Waals surface area contributed by atoms with E-state index in [1.54, 1.807) is 31.4 Å². The number of hydrogen-bond donors (Lipinski definition) is 3. The number of anilines is 7. The number of aromatic nitrogens is 2. The minimum absolute atomic E-state index is 0.147. The second-order valence-corrected chi connectivity index (χ2v) is 20.6. The van der Waals surface area contributed by atoms with Gasteiger partial charge in [0.1, 0.15) is 22.3 Å². The number of piperazine rings is 1. The first-order valence-corrected chi connectivity index (χ1v) is 26.0. The van der Waals surface area contributed by atoms with E-state index in [-0.39, 0.29) is 46.9 Å². The number of rotatable bonds is 17. The van der Waals surface area contributed by atoms with Crippen molar-refractivity contribution >= 4 is 73.6 Å². The number of carbonyl (C=O) groups excluding carboxylic acids is 2. The SMILES string of the molecule is CCc1cc(Nc2ncc(Cl)c(Nc3ccc(OC)cc3N(C)S(C)(=O)=O)n2)c(OC)cc1N1CCC(N2CCN(CCOC3CCN(c4ccc(C5CCC(=O)NC5=O)cc4F)CC3)CC2)CC1. The predicted molar refractivity (Wildman–Crippen MR) is 268 cm³/mol. The second kappa shape index (κ2) is 22.1. The van der Waals surface area contributed by atoms with E-state index in [1.165, 1.54) is 32.0 Å². The van der Waals surface area contributed by atoms with Crippen molar-refractivity contribution in [1.29, 1.82) is 0 Å². The monoisotopic (exact) mass is 990 g/mol. The lowest BCUT2D eigenvalue weighted by Gasteiger charge is -2.43. The lowest BCUT2D eigenvalue weighted by molar-refractivity contribution is -0.134. The number of piperidine rings is 3. The quantitative estimate of drug-likeness (QED) is 0.0975. The number of amides is 2. The molecule has 4 saturated heterocycles. The number of imide groups is 1. The fourth-order valence-electron chi connectivity index (χ4n) is 9.85. The van der Waals surface area contributed by atoms with E-state index >= 15 is 4.39 Å².